The van der Waals surface area contributed by atoms with Crippen LogP contribution in [0.5, 0.6) is 0 Å². The molecule has 8 heteroatoms. The van der Waals surface area contributed by atoms with E-state index < -0.39 is 41.4 Å². The van der Waals surface area contributed by atoms with Crippen LogP contribution in [0.1, 0.15) is 48.0 Å². The van der Waals surface area contributed by atoms with Crippen molar-refractivity contribution in [1.82, 2.24) is 4.90 Å². The number of ether oxygens (including phenoxy) is 2. The Hall–Kier alpha value is -1.80. The second kappa shape index (κ2) is 6.37. The van der Waals surface area contributed by atoms with Crippen LogP contribution < -0.4 is 0 Å². The zero-order valence-corrected chi connectivity index (χ0v) is 14.3. The quantitative estimate of drug-likeness (QED) is 0.673. The van der Waals surface area contributed by atoms with E-state index in [2.05, 4.69) is 0 Å². The van der Waals surface area contributed by atoms with Crippen molar-refractivity contribution in [3.05, 3.63) is 11.5 Å². The van der Waals surface area contributed by atoms with Gasteiger partial charge in [-0.3, -0.25) is 0 Å². The smallest absolute Gasteiger partial charge is 0.424 e. The molecule has 2 atom stereocenters. The molecule has 1 rings (SSSR count). The van der Waals surface area contributed by atoms with Gasteiger partial charge < -0.3 is 24.8 Å². The van der Waals surface area contributed by atoms with Crippen LogP contribution in [0.3, 0.4) is 0 Å². The molecule has 0 aliphatic heterocycles. The van der Waals surface area contributed by atoms with Crippen LogP contribution in [0.25, 0.3) is 0 Å². The molecule has 1 aliphatic rings. The molecule has 0 heterocycles. The highest BCUT2D eigenvalue weighted by Crippen LogP contribution is 2.30. The summed E-state index contributed by atoms with van der Waals surface area (Å²) in [6.07, 6.45) is -5.30. The van der Waals surface area contributed by atoms with Crippen LogP contribution in [0.2, 0.25) is 0 Å². The lowest BCUT2D eigenvalue weighted by atomic mass is 10.2. The molecule has 3 N–H and O–H groups in total. The van der Waals surface area contributed by atoms with Gasteiger partial charge in [-0.1, -0.05) is 0 Å². The lowest BCUT2D eigenvalue weighted by Gasteiger charge is -2.29. The second-order valence-electron chi connectivity index (χ2n) is 7.34. The first-order valence-electron chi connectivity index (χ1n) is 7.27. The van der Waals surface area contributed by atoms with E-state index in [1.807, 2.05) is 0 Å². The van der Waals surface area contributed by atoms with Gasteiger partial charge in [-0.2, -0.15) is 4.90 Å². The minimum Gasteiger partial charge on any atom is -0.508 e. The minimum atomic E-state index is -1.57. The first-order valence-corrected chi connectivity index (χ1v) is 7.27. The van der Waals surface area contributed by atoms with Crippen LogP contribution in [0, 0.1) is 0 Å². The molecule has 23 heavy (non-hydrogen) atoms. The molecular formula is C15H25NO7. The Morgan fingerprint density at radius 3 is 1.65 bits per heavy atom. The SMILES string of the molecule is CC(C)(C)OC(=O)N(C(=O)OC(C)(C)C)C1=C(O)C(O)C(O)C1. The molecule has 0 aromatic heterocycles. The van der Waals surface area contributed by atoms with E-state index in [0.29, 0.717) is 4.90 Å². The zero-order chi connectivity index (χ0) is 18.2. The lowest BCUT2D eigenvalue weighted by Crippen LogP contribution is -2.43. The molecular weight excluding hydrogens is 306 g/mol. The van der Waals surface area contributed by atoms with E-state index in [0.717, 1.165) is 0 Å². The van der Waals surface area contributed by atoms with Gasteiger partial charge >= 0.3 is 12.2 Å². The van der Waals surface area contributed by atoms with E-state index in [-0.39, 0.29) is 12.1 Å². The molecule has 0 saturated heterocycles. The maximum absolute atomic E-state index is 12.3. The van der Waals surface area contributed by atoms with Crippen molar-refractivity contribution in [3.63, 3.8) is 0 Å². The van der Waals surface area contributed by atoms with Gasteiger partial charge in [0.1, 0.15) is 23.1 Å². The molecule has 8 nitrogen and oxygen atoms in total. The van der Waals surface area contributed by atoms with Crippen LogP contribution in [0.4, 0.5) is 9.59 Å². The number of imide groups is 1. The molecule has 0 radical (unpaired) electrons. The van der Waals surface area contributed by atoms with Gasteiger partial charge in [0.2, 0.25) is 0 Å². The standard InChI is InChI=1S/C15H25NO7/c1-14(2,3)22-12(20)16(13(21)23-15(4,5)6)8-7-9(17)11(19)10(8)18/h9,11,17-19H,7H2,1-6H3. The van der Waals surface area contributed by atoms with Crippen LogP contribution in [-0.4, -0.2) is 55.8 Å². The van der Waals surface area contributed by atoms with Gasteiger partial charge in [0.15, 0.2) is 0 Å². The van der Waals surface area contributed by atoms with Crippen molar-refractivity contribution in [2.75, 3.05) is 0 Å². The number of aliphatic hydroxyl groups is 3. The Morgan fingerprint density at radius 2 is 1.39 bits per heavy atom. The molecule has 0 bridgehead atoms. The van der Waals surface area contributed by atoms with Gasteiger partial charge in [0.25, 0.3) is 0 Å². The molecule has 0 aromatic rings. The summed E-state index contributed by atoms with van der Waals surface area (Å²) in [5, 5.41) is 29.2. The van der Waals surface area contributed by atoms with Gasteiger partial charge in [-0.05, 0) is 41.5 Å². The fraction of sp³-hybridized carbons (Fsp3) is 0.733. The molecule has 132 valence electrons. The average Bonchev–Trinajstić information content (AvgIpc) is 2.53. The van der Waals surface area contributed by atoms with Gasteiger partial charge in [-0.25, -0.2) is 9.59 Å². The van der Waals surface area contributed by atoms with Crippen molar-refractivity contribution in [2.24, 2.45) is 0 Å². The predicted molar refractivity (Wildman–Crippen MR) is 80.6 cm³/mol. The summed E-state index contributed by atoms with van der Waals surface area (Å²) in [5.41, 5.74) is -2.01. The average molecular weight is 331 g/mol. The lowest BCUT2D eigenvalue weighted by molar-refractivity contribution is 0.00662. The summed E-state index contributed by atoms with van der Waals surface area (Å²) in [7, 11) is 0. The van der Waals surface area contributed by atoms with Crippen molar-refractivity contribution < 1.29 is 34.4 Å². The number of carbonyl (C=O) groups excluding carboxylic acids is 2. The number of aliphatic hydroxyl groups excluding tert-OH is 3. The Labute approximate surface area is 135 Å². The molecule has 0 aromatic carbocycles. The topological polar surface area (TPSA) is 117 Å². The minimum absolute atomic E-state index is 0.242. The third-order valence-corrected chi connectivity index (χ3v) is 2.76. The Morgan fingerprint density at radius 1 is 1.00 bits per heavy atom. The summed E-state index contributed by atoms with van der Waals surface area (Å²) in [6, 6.07) is 0. The maximum Gasteiger partial charge on any atom is 0.424 e. The molecule has 0 fully saturated rings. The van der Waals surface area contributed by atoms with E-state index in [4.69, 9.17) is 9.47 Å². The molecule has 0 spiro atoms. The van der Waals surface area contributed by atoms with E-state index in [9.17, 15) is 24.9 Å². The van der Waals surface area contributed by atoms with Crippen molar-refractivity contribution >= 4 is 12.2 Å². The highest BCUT2D eigenvalue weighted by Gasteiger charge is 2.42. The summed E-state index contributed by atoms with van der Waals surface area (Å²) in [4.78, 5) is 25.2. The van der Waals surface area contributed by atoms with Crippen molar-refractivity contribution in [2.45, 2.75) is 71.4 Å². The predicted octanol–water partition coefficient (Wildman–Crippen LogP) is 2.05. The number of hydrogen-bond donors (Lipinski definition) is 3. The molecule has 0 saturated carbocycles. The van der Waals surface area contributed by atoms with Gasteiger partial charge in [0.05, 0.1) is 11.8 Å². The molecule has 2 unspecified atom stereocenters. The fourth-order valence-electron chi connectivity index (χ4n) is 1.88. The maximum atomic E-state index is 12.3. The number of amides is 2. The summed E-state index contributed by atoms with van der Waals surface area (Å²) in [6.45, 7) is 9.69. The highest BCUT2D eigenvalue weighted by molar-refractivity contribution is 5.90. The summed E-state index contributed by atoms with van der Waals surface area (Å²) < 4.78 is 10.3. The van der Waals surface area contributed by atoms with Crippen LogP contribution in [0.15, 0.2) is 11.5 Å². The second-order valence-corrected chi connectivity index (χ2v) is 7.34. The summed E-state index contributed by atoms with van der Waals surface area (Å²) in [5.74, 6) is -0.658. The normalized spacial score (nSPS) is 22.1. The Balaban J connectivity index is 3.17. The monoisotopic (exact) mass is 331 g/mol. The van der Waals surface area contributed by atoms with E-state index in [1.54, 1.807) is 41.5 Å². The fourth-order valence-corrected chi connectivity index (χ4v) is 1.88. The van der Waals surface area contributed by atoms with Crippen molar-refractivity contribution in [1.29, 1.82) is 0 Å². The largest absolute Gasteiger partial charge is 0.508 e. The Kier molecular flexibility index (Phi) is 5.33. The number of rotatable bonds is 1. The number of nitrogens with zero attached hydrogens (tertiary/aromatic N) is 1. The number of hydrogen-bond acceptors (Lipinski definition) is 7. The highest BCUT2D eigenvalue weighted by atomic mass is 16.6. The molecule has 2 amide bonds. The van der Waals surface area contributed by atoms with Crippen LogP contribution >= 0.6 is 0 Å². The first-order chi connectivity index (χ1) is 10.2. The summed E-state index contributed by atoms with van der Waals surface area (Å²) >= 11 is 0. The van der Waals surface area contributed by atoms with Crippen LogP contribution in [-0.2, 0) is 9.47 Å². The van der Waals surface area contributed by atoms with Gasteiger partial charge in [0, 0.05) is 6.42 Å². The number of carbonyl (C=O) groups is 2. The van der Waals surface area contributed by atoms with Crippen molar-refractivity contribution in [3.8, 4) is 0 Å². The third kappa shape index (κ3) is 5.11. The molecule has 1 aliphatic carbocycles. The third-order valence-electron chi connectivity index (χ3n) is 2.76. The zero-order valence-electron chi connectivity index (χ0n) is 14.3. The van der Waals surface area contributed by atoms with E-state index >= 15 is 0 Å². The van der Waals surface area contributed by atoms with E-state index in [1.165, 1.54) is 0 Å². The van der Waals surface area contributed by atoms with Gasteiger partial charge in [-0.15, -0.1) is 0 Å². The Bertz CT molecular complexity index is 485. The first kappa shape index (κ1) is 19.2.